The molecule has 7 heteroatoms. The highest BCUT2D eigenvalue weighted by Gasteiger charge is 2.27. The van der Waals surface area contributed by atoms with Gasteiger partial charge < -0.3 is 9.84 Å². The van der Waals surface area contributed by atoms with Gasteiger partial charge in [-0.05, 0) is 31.4 Å². The van der Waals surface area contributed by atoms with Gasteiger partial charge in [0.1, 0.15) is 0 Å². The molecular formula is C18H28N6O. The van der Waals surface area contributed by atoms with Crippen LogP contribution in [0.5, 0.6) is 0 Å². The summed E-state index contributed by atoms with van der Waals surface area (Å²) in [6, 6.07) is 2.24. The van der Waals surface area contributed by atoms with Crippen LogP contribution in [0.3, 0.4) is 0 Å². The first-order valence-corrected chi connectivity index (χ1v) is 9.48. The second-order valence-electron chi connectivity index (χ2n) is 7.75. The van der Waals surface area contributed by atoms with E-state index >= 15 is 0 Å². The Balaban J connectivity index is 1.39. The fourth-order valence-electron chi connectivity index (χ4n) is 3.84. The van der Waals surface area contributed by atoms with Crippen molar-refractivity contribution in [3.63, 3.8) is 0 Å². The van der Waals surface area contributed by atoms with Crippen molar-refractivity contribution in [2.75, 3.05) is 19.6 Å². The van der Waals surface area contributed by atoms with Crippen LogP contribution in [-0.4, -0.2) is 44.5 Å². The minimum absolute atomic E-state index is 0.348. The standard InChI is InChI=1S/C18H28N6O/c1-13(2)8-17-20-18(25-22-17)14-4-3-6-23(11-14)12-15-9-16-10-19-5-7-24(16)21-15/h9,13-14,19H,3-8,10-12H2,1-2H3. The molecular weight excluding hydrogens is 316 g/mol. The molecule has 4 heterocycles. The van der Waals surface area contributed by atoms with E-state index in [2.05, 4.69) is 45.0 Å². The highest BCUT2D eigenvalue weighted by atomic mass is 16.5. The van der Waals surface area contributed by atoms with Gasteiger partial charge in [0, 0.05) is 32.6 Å². The first-order chi connectivity index (χ1) is 12.2. The fraction of sp³-hybridized carbons (Fsp3) is 0.722. The molecule has 0 bridgehead atoms. The summed E-state index contributed by atoms with van der Waals surface area (Å²) in [7, 11) is 0. The largest absolute Gasteiger partial charge is 0.339 e. The van der Waals surface area contributed by atoms with Gasteiger partial charge in [-0.15, -0.1) is 0 Å². The van der Waals surface area contributed by atoms with Crippen LogP contribution in [0.2, 0.25) is 0 Å². The number of aromatic nitrogens is 4. The predicted molar refractivity (Wildman–Crippen MR) is 94.0 cm³/mol. The molecule has 1 N–H and O–H groups in total. The molecule has 2 aromatic heterocycles. The summed E-state index contributed by atoms with van der Waals surface area (Å²) in [6.07, 6.45) is 3.18. The molecule has 0 spiro atoms. The summed E-state index contributed by atoms with van der Waals surface area (Å²) < 4.78 is 7.70. The number of fused-ring (bicyclic) bond motifs is 1. The smallest absolute Gasteiger partial charge is 0.231 e. The van der Waals surface area contributed by atoms with Crippen LogP contribution in [0.25, 0.3) is 0 Å². The molecule has 1 atom stereocenters. The Labute approximate surface area is 148 Å². The van der Waals surface area contributed by atoms with Gasteiger partial charge >= 0.3 is 0 Å². The molecule has 4 rings (SSSR count). The van der Waals surface area contributed by atoms with Crippen molar-refractivity contribution < 1.29 is 4.52 Å². The minimum atomic E-state index is 0.348. The normalized spacial score (nSPS) is 21.6. The number of hydrogen-bond acceptors (Lipinski definition) is 6. The van der Waals surface area contributed by atoms with Crippen molar-refractivity contribution in [1.29, 1.82) is 0 Å². The summed E-state index contributed by atoms with van der Waals surface area (Å²) >= 11 is 0. The van der Waals surface area contributed by atoms with Crippen LogP contribution in [0.4, 0.5) is 0 Å². The van der Waals surface area contributed by atoms with Gasteiger partial charge in [-0.1, -0.05) is 19.0 Å². The van der Waals surface area contributed by atoms with Crippen LogP contribution in [0.1, 0.15) is 55.7 Å². The van der Waals surface area contributed by atoms with Crippen molar-refractivity contribution in [3.05, 3.63) is 29.2 Å². The molecule has 0 aliphatic carbocycles. The Bertz CT molecular complexity index is 683. The molecule has 0 radical (unpaired) electrons. The fourth-order valence-corrected chi connectivity index (χ4v) is 3.84. The average Bonchev–Trinajstić information content (AvgIpc) is 3.20. The summed E-state index contributed by atoms with van der Waals surface area (Å²) in [5.41, 5.74) is 2.47. The van der Waals surface area contributed by atoms with E-state index in [1.54, 1.807) is 0 Å². The van der Waals surface area contributed by atoms with E-state index in [9.17, 15) is 0 Å². The highest BCUT2D eigenvalue weighted by molar-refractivity contribution is 5.12. The summed E-state index contributed by atoms with van der Waals surface area (Å²) in [5, 5.41) is 12.3. The Kier molecular flexibility index (Phi) is 4.85. The summed E-state index contributed by atoms with van der Waals surface area (Å²) in [6.45, 7) is 10.3. The highest BCUT2D eigenvalue weighted by Crippen LogP contribution is 2.27. The van der Waals surface area contributed by atoms with Gasteiger partial charge in [0.05, 0.1) is 23.9 Å². The number of piperidine rings is 1. The molecule has 0 aromatic carbocycles. The lowest BCUT2D eigenvalue weighted by Crippen LogP contribution is -2.34. The molecule has 0 amide bonds. The Morgan fingerprint density at radius 2 is 2.28 bits per heavy atom. The molecule has 1 fully saturated rings. The van der Waals surface area contributed by atoms with Crippen LogP contribution in [-0.2, 0) is 26.1 Å². The number of likely N-dealkylation sites (tertiary alicyclic amines) is 1. The lowest BCUT2D eigenvalue weighted by atomic mass is 9.98. The van der Waals surface area contributed by atoms with E-state index in [1.807, 2.05) is 0 Å². The van der Waals surface area contributed by atoms with Crippen molar-refractivity contribution in [2.45, 2.75) is 58.7 Å². The first kappa shape index (κ1) is 16.7. The van der Waals surface area contributed by atoms with Crippen molar-refractivity contribution in [2.24, 2.45) is 5.92 Å². The van der Waals surface area contributed by atoms with E-state index in [0.29, 0.717) is 11.8 Å². The molecule has 7 nitrogen and oxygen atoms in total. The zero-order valence-electron chi connectivity index (χ0n) is 15.2. The van der Waals surface area contributed by atoms with E-state index < -0.39 is 0 Å². The van der Waals surface area contributed by atoms with Gasteiger partial charge in [0.25, 0.3) is 0 Å². The maximum absolute atomic E-state index is 5.55. The Hall–Kier alpha value is -1.73. The van der Waals surface area contributed by atoms with Crippen LogP contribution in [0, 0.1) is 5.92 Å². The average molecular weight is 344 g/mol. The second-order valence-corrected chi connectivity index (χ2v) is 7.75. The number of nitrogens with zero attached hydrogens (tertiary/aromatic N) is 5. The Morgan fingerprint density at radius 1 is 1.36 bits per heavy atom. The zero-order chi connectivity index (χ0) is 17.2. The van der Waals surface area contributed by atoms with Gasteiger partial charge in [0.2, 0.25) is 5.89 Å². The molecule has 2 aliphatic heterocycles. The van der Waals surface area contributed by atoms with Crippen LogP contribution >= 0.6 is 0 Å². The second kappa shape index (κ2) is 7.25. The maximum atomic E-state index is 5.55. The third-order valence-corrected chi connectivity index (χ3v) is 5.04. The third kappa shape index (κ3) is 3.93. The minimum Gasteiger partial charge on any atom is -0.339 e. The quantitative estimate of drug-likeness (QED) is 0.894. The molecule has 2 aromatic rings. The van der Waals surface area contributed by atoms with E-state index in [1.165, 1.54) is 17.8 Å². The van der Waals surface area contributed by atoms with Crippen molar-refractivity contribution in [3.8, 4) is 0 Å². The van der Waals surface area contributed by atoms with Crippen molar-refractivity contribution in [1.82, 2.24) is 30.1 Å². The monoisotopic (exact) mass is 344 g/mol. The first-order valence-electron chi connectivity index (χ1n) is 9.48. The lowest BCUT2D eigenvalue weighted by Gasteiger charge is -2.30. The Morgan fingerprint density at radius 3 is 3.12 bits per heavy atom. The molecule has 2 aliphatic rings. The molecule has 0 saturated carbocycles. The van der Waals surface area contributed by atoms with Gasteiger partial charge in [-0.3, -0.25) is 9.58 Å². The number of hydrogen-bond donors (Lipinski definition) is 1. The SMILES string of the molecule is CC(C)Cc1noc(C2CCCN(Cc3cc4n(n3)CCNC4)C2)n1. The van der Waals surface area contributed by atoms with Gasteiger partial charge in [0.15, 0.2) is 5.82 Å². The van der Waals surface area contributed by atoms with E-state index in [0.717, 1.165) is 63.8 Å². The zero-order valence-corrected chi connectivity index (χ0v) is 15.2. The maximum Gasteiger partial charge on any atom is 0.231 e. The van der Waals surface area contributed by atoms with Crippen LogP contribution < -0.4 is 5.32 Å². The predicted octanol–water partition coefficient (Wildman–Crippen LogP) is 1.95. The van der Waals surface area contributed by atoms with Crippen molar-refractivity contribution >= 4 is 0 Å². The molecule has 25 heavy (non-hydrogen) atoms. The summed E-state index contributed by atoms with van der Waals surface area (Å²) in [4.78, 5) is 7.11. The van der Waals surface area contributed by atoms with Gasteiger partial charge in [-0.25, -0.2) is 0 Å². The number of rotatable bonds is 5. The summed E-state index contributed by atoms with van der Waals surface area (Å²) in [5.74, 6) is 2.56. The van der Waals surface area contributed by atoms with E-state index in [4.69, 9.17) is 9.62 Å². The lowest BCUT2D eigenvalue weighted by molar-refractivity contribution is 0.178. The molecule has 1 saturated heterocycles. The van der Waals surface area contributed by atoms with E-state index in [-0.39, 0.29) is 0 Å². The third-order valence-electron chi connectivity index (χ3n) is 5.04. The molecule has 136 valence electrons. The van der Waals surface area contributed by atoms with Crippen LogP contribution in [0.15, 0.2) is 10.6 Å². The number of nitrogens with one attached hydrogen (secondary N) is 1. The molecule has 1 unspecified atom stereocenters. The van der Waals surface area contributed by atoms with Gasteiger partial charge in [-0.2, -0.15) is 10.1 Å². The topological polar surface area (TPSA) is 72.0 Å².